The lowest BCUT2D eigenvalue weighted by Crippen LogP contribution is -2.14. The van der Waals surface area contributed by atoms with E-state index in [4.69, 9.17) is 9.47 Å². The molecule has 0 radical (unpaired) electrons. The van der Waals surface area contributed by atoms with E-state index in [9.17, 15) is 4.79 Å². The quantitative estimate of drug-likeness (QED) is 0.754. The zero-order valence-electron chi connectivity index (χ0n) is 13.3. The van der Waals surface area contributed by atoms with Gasteiger partial charge in [0, 0.05) is 0 Å². The van der Waals surface area contributed by atoms with Crippen LogP contribution in [0.4, 0.5) is 0 Å². The lowest BCUT2D eigenvalue weighted by atomic mass is 10.1. The maximum absolute atomic E-state index is 11.7. The molecule has 0 aliphatic heterocycles. The minimum Gasteiger partial charge on any atom is -0.489 e. The van der Waals surface area contributed by atoms with Gasteiger partial charge in [-0.25, -0.2) is 0 Å². The first kappa shape index (κ1) is 16.1. The van der Waals surface area contributed by atoms with Crippen LogP contribution in [0.15, 0.2) is 48.5 Å². The van der Waals surface area contributed by atoms with Crippen LogP contribution in [0.1, 0.15) is 30.5 Å². The van der Waals surface area contributed by atoms with Crippen LogP contribution in [0.5, 0.6) is 5.75 Å². The van der Waals surface area contributed by atoms with E-state index in [-0.39, 0.29) is 12.1 Å². The van der Waals surface area contributed by atoms with Crippen molar-refractivity contribution in [3.8, 4) is 5.75 Å². The number of carbonyl (C=O) groups excluding carboxylic acids is 1. The summed E-state index contributed by atoms with van der Waals surface area (Å²) >= 11 is 0. The van der Waals surface area contributed by atoms with Crippen LogP contribution in [0.2, 0.25) is 0 Å². The van der Waals surface area contributed by atoms with Gasteiger partial charge in [-0.3, -0.25) is 4.79 Å². The number of hydrogen-bond donors (Lipinski definition) is 0. The van der Waals surface area contributed by atoms with Crippen molar-refractivity contribution in [3.05, 3.63) is 65.2 Å². The fourth-order valence-electron chi connectivity index (χ4n) is 2.16. The van der Waals surface area contributed by atoms with Crippen molar-refractivity contribution in [2.75, 3.05) is 0 Å². The Morgan fingerprint density at radius 3 is 2.45 bits per heavy atom. The van der Waals surface area contributed by atoms with Gasteiger partial charge in [-0.05, 0) is 49.6 Å². The molecular weight excluding hydrogens is 276 g/mol. The van der Waals surface area contributed by atoms with Gasteiger partial charge in [-0.1, -0.05) is 36.4 Å². The molecule has 0 spiro atoms. The Labute approximate surface area is 131 Å². The Balaban J connectivity index is 1.96. The van der Waals surface area contributed by atoms with E-state index in [1.165, 1.54) is 0 Å². The number of benzene rings is 2. The normalized spacial score (nSPS) is 10.5. The summed E-state index contributed by atoms with van der Waals surface area (Å²) < 4.78 is 11.0. The van der Waals surface area contributed by atoms with E-state index >= 15 is 0 Å². The van der Waals surface area contributed by atoms with Crippen molar-refractivity contribution in [1.82, 2.24) is 0 Å². The predicted octanol–water partition coefficient (Wildman–Crippen LogP) is 4.07. The van der Waals surface area contributed by atoms with Gasteiger partial charge in [-0.15, -0.1) is 0 Å². The van der Waals surface area contributed by atoms with Gasteiger partial charge in [0.15, 0.2) is 0 Å². The average Bonchev–Trinajstić information content (AvgIpc) is 2.48. The van der Waals surface area contributed by atoms with Gasteiger partial charge in [0.1, 0.15) is 12.4 Å². The second-order valence-corrected chi connectivity index (χ2v) is 5.58. The maximum atomic E-state index is 11.7. The highest BCUT2D eigenvalue weighted by Crippen LogP contribution is 2.19. The number of esters is 1. The topological polar surface area (TPSA) is 35.5 Å². The molecule has 0 atom stereocenters. The molecule has 0 aliphatic rings. The Hall–Kier alpha value is -2.29. The first-order valence-electron chi connectivity index (χ1n) is 7.50. The van der Waals surface area contributed by atoms with Gasteiger partial charge < -0.3 is 9.47 Å². The largest absolute Gasteiger partial charge is 0.489 e. The molecule has 0 N–H and O–H groups in total. The number of rotatable bonds is 6. The standard InChI is InChI=1S/C19H22O3/c1-14(2)22-19(20)12-17-9-10-18(11-15(17)3)21-13-16-7-5-4-6-8-16/h4-11,14H,12-13H2,1-3H3. The van der Waals surface area contributed by atoms with Gasteiger partial charge in [0.2, 0.25) is 0 Å². The molecule has 0 saturated heterocycles. The molecule has 0 aromatic heterocycles. The third-order valence-electron chi connectivity index (χ3n) is 3.26. The van der Waals surface area contributed by atoms with Gasteiger partial charge in [0.25, 0.3) is 0 Å². The van der Waals surface area contributed by atoms with Crippen LogP contribution in [-0.4, -0.2) is 12.1 Å². The lowest BCUT2D eigenvalue weighted by molar-refractivity contribution is -0.146. The fraction of sp³-hybridized carbons (Fsp3) is 0.316. The molecule has 0 saturated carbocycles. The second kappa shape index (κ2) is 7.64. The fourth-order valence-corrected chi connectivity index (χ4v) is 2.16. The highest BCUT2D eigenvalue weighted by Gasteiger charge is 2.09. The third-order valence-corrected chi connectivity index (χ3v) is 3.26. The monoisotopic (exact) mass is 298 g/mol. The van der Waals surface area contributed by atoms with Crippen molar-refractivity contribution in [2.45, 2.75) is 39.9 Å². The predicted molar refractivity (Wildman–Crippen MR) is 86.9 cm³/mol. The molecule has 0 bridgehead atoms. The summed E-state index contributed by atoms with van der Waals surface area (Å²) in [7, 11) is 0. The molecule has 3 heteroatoms. The molecule has 0 amide bonds. The Morgan fingerprint density at radius 2 is 1.82 bits per heavy atom. The van der Waals surface area contributed by atoms with E-state index in [2.05, 4.69) is 0 Å². The minimum atomic E-state index is -0.198. The summed E-state index contributed by atoms with van der Waals surface area (Å²) in [5.41, 5.74) is 3.13. The molecule has 0 unspecified atom stereocenters. The SMILES string of the molecule is Cc1cc(OCc2ccccc2)ccc1CC(=O)OC(C)C. The van der Waals surface area contributed by atoms with E-state index in [0.29, 0.717) is 13.0 Å². The number of aryl methyl sites for hydroxylation is 1. The Kier molecular flexibility index (Phi) is 5.59. The molecule has 2 aromatic carbocycles. The molecule has 116 valence electrons. The zero-order valence-corrected chi connectivity index (χ0v) is 13.3. The molecule has 0 aliphatic carbocycles. The minimum absolute atomic E-state index is 0.0821. The van der Waals surface area contributed by atoms with Crippen molar-refractivity contribution in [1.29, 1.82) is 0 Å². The van der Waals surface area contributed by atoms with E-state index in [1.807, 2.05) is 69.3 Å². The molecule has 0 heterocycles. The lowest BCUT2D eigenvalue weighted by Gasteiger charge is -2.11. The summed E-state index contributed by atoms with van der Waals surface area (Å²) in [6.45, 7) is 6.22. The number of carbonyl (C=O) groups is 1. The first-order valence-corrected chi connectivity index (χ1v) is 7.50. The van der Waals surface area contributed by atoms with E-state index in [1.54, 1.807) is 0 Å². The Bertz CT molecular complexity index is 618. The number of ether oxygens (including phenoxy) is 2. The van der Waals surface area contributed by atoms with E-state index in [0.717, 1.165) is 22.4 Å². The van der Waals surface area contributed by atoms with Gasteiger partial charge >= 0.3 is 5.97 Å². The van der Waals surface area contributed by atoms with Gasteiger partial charge in [0.05, 0.1) is 12.5 Å². The summed E-state index contributed by atoms with van der Waals surface area (Å²) in [6.07, 6.45) is 0.212. The smallest absolute Gasteiger partial charge is 0.310 e. The summed E-state index contributed by atoms with van der Waals surface area (Å²) in [5, 5.41) is 0. The average molecular weight is 298 g/mol. The van der Waals surface area contributed by atoms with Crippen LogP contribution >= 0.6 is 0 Å². The van der Waals surface area contributed by atoms with Crippen molar-refractivity contribution in [2.24, 2.45) is 0 Å². The van der Waals surface area contributed by atoms with Crippen molar-refractivity contribution < 1.29 is 14.3 Å². The first-order chi connectivity index (χ1) is 10.5. The van der Waals surface area contributed by atoms with Crippen LogP contribution in [0, 0.1) is 6.92 Å². The van der Waals surface area contributed by atoms with Crippen LogP contribution < -0.4 is 4.74 Å². The summed E-state index contributed by atoms with van der Waals surface area (Å²) in [5.74, 6) is 0.610. The second-order valence-electron chi connectivity index (χ2n) is 5.58. The third kappa shape index (κ3) is 4.92. The molecule has 3 nitrogen and oxygen atoms in total. The highest BCUT2D eigenvalue weighted by molar-refractivity contribution is 5.73. The Morgan fingerprint density at radius 1 is 1.09 bits per heavy atom. The van der Waals surface area contributed by atoms with Crippen LogP contribution in [-0.2, 0) is 22.6 Å². The van der Waals surface area contributed by atoms with Gasteiger partial charge in [-0.2, -0.15) is 0 Å². The maximum Gasteiger partial charge on any atom is 0.310 e. The van der Waals surface area contributed by atoms with Crippen LogP contribution in [0.25, 0.3) is 0 Å². The summed E-state index contributed by atoms with van der Waals surface area (Å²) in [4.78, 5) is 11.7. The molecule has 2 aromatic rings. The molecule has 0 fully saturated rings. The zero-order chi connectivity index (χ0) is 15.9. The molecule has 22 heavy (non-hydrogen) atoms. The molecular formula is C19H22O3. The molecule has 2 rings (SSSR count). The highest BCUT2D eigenvalue weighted by atomic mass is 16.5. The van der Waals surface area contributed by atoms with Crippen molar-refractivity contribution >= 4 is 5.97 Å². The van der Waals surface area contributed by atoms with Crippen LogP contribution in [0.3, 0.4) is 0 Å². The number of hydrogen-bond acceptors (Lipinski definition) is 3. The van der Waals surface area contributed by atoms with E-state index < -0.39 is 0 Å². The summed E-state index contributed by atoms with van der Waals surface area (Å²) in [6, 6.07) is 15.8. The van der Waals surface area contributed by atoms with Crippen molar-refractivity contribution in [3.63, 3.8) is 0 Å².